The van der Waals surface area contributed by atoms with Crippen molar-refractivity contribution in [3.63, 3.8) is 0 Å². The third-order valence-corrected chi connectivity index (χ3v) is 4.74. The molecule has 1 atom stereocenters. The number of nitrogens with zero attached hydrogens (tertiary/aromatic N) is 1. The van der Waals surface area contributed by atoms with Crippen LogP contribution in [-0.4, -0.2) is 22.6 Å². The standard InChI is InChI=1S/C21H46N2/c1-13-19(8,9)16-23(20(10,11)14-17(2,3)4)21(12,22)15-18(5,6)7/h13-16,22H2,1-12H3. The predicted molar refractivity (Wildman–Crippen MR) is 106 cm³/mol. The smallest absolute Gasteiger partial charge is 0.0667 e. The van der Waals surface area contributed by atoms with E-state index in [-0.39, 0.29) is 27.4 Å². The Hall–Kier alpha value is -0.0800. The first-order valence-corrected chi connectivity index (χ1v) is 9.38. The highest BCUT2D eigenvalue weighted by Crippen LogP contribution is 2.40. The minimum absolute atomic E-state index is 0.0689. The molecular formula is C21H46N2. The molecule has 140 valence electrons. The van der Waals surface area contributed by atoms with Crippen LogP contribution < -0.4 is 5.73 Å². The first kappa shape index (κ1) is 22.9. The third kappa shape index (κ3) is 8.54. The van der Waals surface area contributed by atoms with E-state index in [9.17, 15) is 0 Å². The SMILES string of the molecule is CCC(C)(C)CN(C(C)(C)CC(C)(C)C)C(C)(N)CC(C)(C)C. The van der Waals surface area contributed by atoms with Crippen molar-refractivity contribution in [2.75, 3.05) is 6.54 Å². The second kappa shape index (κ2) is 7.04. The summed E-state index contributed by atoms with van der Waals surface area (Å²) in [6.07, 6.45) is 3.30. The predicted octanol–water partition coefficient (Wildman–Crippen LogP) is 6.05. The zero-order valence-electron chi connectivity index (χ0n) is 18.4. The van der Waals surface area contributed by atoms with Crippen molar-refractivity contribution < 1.29 is 0 Å². The molecule has 0 aliphatic rings. The first-order valence-electron chi connectivity index (χ1n) is 9.38. The molecule has 2 N–H and O–H groups in total. The van der Waals surface area contributed by atoms with E-state index in [0.717, 1.165) is 19.4 Å². The van der Waals surface area contributed by atoms with Crippen LogP contribution in [0.2, 0.25) is 0 Å². The Labute approximate surface area is 147 Å². The van der Waals surface area contributed by atoms with Gasteiger partial charge in [-0.15, -0.1) is 0 Å². The molecule has 0 rings (SSSR count). The summed E-state index contributed by atoms with van der Waals surface area (Å²) in [7, 11) is 0. The Morgan fingerprint density at radius 3 is 1.39 bits per heavy atom. The summed E-state index contributed by atoms with van der Waals surface area (Å²) in [4.78, 5) is 2.60. The van der Waals surface area contributed by atoms with Gasteiger partial charge in [0.15, 0.2) is 0 Å². The lowest BCUT2D eigenvalue weighted by Gasteiger charge is -2.54. The number of nitrogens with two attached hydrogens (primary N) is 1. The fourth-order valence-electron chi connectivity index (χ4n) is 4.19. The number of hydrogen-bond donors (Lipinski definition) is 1. The largest absolute Gasteiger partial charge is 0.313 e. The molecular weight excluding hydrogens is 280 g/mol. The van der Waals surface area contributed by atoms with E-state index in [1.54, 1.807) is 0 Å². The molecule has 0 fully saturated rings. The molecule has 0 saturated heterocycles. The van der Waals surface area contributed by atoms with Crippen LogP contribution in [0.5, 0.6) is 0 Å². The average molecular weight is 327 g/mol. The molecule has 0 saturated carbocycles. The molecule has 23 heavy (non-hydrogen) atoms. The maximum Gasteiger partial charge on any atom is 0.0667 e. The van der Waals surface area contributed by atoms with Crippen molar-refractivity contribution >= 4 is 0 Å². The molecule has 0 aliphatic heterocycles. The van der Waals surface area contributed by atoms with Gasteiger partial charge < -0.3 is 5.73 Å². The number of hydrogen-bond acceptors (Lipinski definition) is 2. The molecule has 2 heteroatoms. The van der Waals surface area contributed by atoms with E-state index >= 15 is 0 Å². The molecule has 0 radical (unpaired) electrons. The van der Waals surface area contributed by atoms with Crippen LogP contribution in [0, 0.1) is 16.2 Å². The van der Waals surface area contributed by atoms with Gasteiger partial charge in [0.1, 0.15) is 0 Å². The Bertz CT molecular complexity index is 336. The molecule has 0 heterocycles. The lowest BCUT2D eigenvalue weighted by Crippen LogP contribution is -2.65. The molecule has 0 spiro atoms. The van der Waals surface area contributed by atoms with E-state index in [1.165, 1.54) is 6.42 Å². The summed E-state index contributed by atoms with van der Waals surface area (Å²) >= 11 is 0. The highest BCUT2D eigenvalue weighted by Gasteiger charge is 2.43. The van der Waals surface area contributed by atoms with Crippen LogP contribution in [0.4, 0.5) is 0 Å². The summed E-state index contributed by atoms with van der Waals surface area (Å²) in [6, 6.07) is 0. The van der Waals surface area contributed by atoms with Gasteiger partial charge in [0.05, 0.1) is 5.66 Å². The Morgan fingerprint density at radius 1 is 0.696 bits per heavy atom. The van der Waals surface area contributed by atoms with Crippen LogP contribution >= 0.6 is 0 Å². The molecule has 1 unspecified atom stereocenters. The van der Waals surface area contributed by atoms with Gasteiger partial charge in [-0.2, -0.15) is 0 Å². The highest BCUT2D eigenvalue weighted by molar-refractivity contribution is 4.97. The monoisotopic (exact) mass is 326 g/mol. The summed E-state index contributed by atoms with van der Waals surface area (Å²) in [5, 5.41) is 0. The lowest BCUT2D eigenvalue weighted by atomic mass is 9.76. The minimum Gasteiger partial charge on any atom is -0.313 e. The Kier molecular flexibility index (Phi) is 7.01. The van der Waals surface area contributed by atoms with E-state index in [0.29, 0.717) is 0 Å². The molecule has 2 nitrogen and oxygen atoms in total. The van der Waals surface area contributed by atoms with E-state index in [2.05, 4.69) is 88.0 Å². The van der Waals surface area contributed by atoms with Crippen molar-refractivity contribution in [3.05, 3.63) is 0 Å². The second-order valence-electron chi connectivity index (χ2n) is 11.7. The van der Waals surface area contributed by atoms with Gasteiger partial charge in [0.2, 0.25) is 0 Å². The summed E-state index contributed by atoms with van der Waals surface area (Å²) in [5.41, 5.74) is 7.48. The van der Waals surface area contributed by atoms with Crippen LogP contribution in [0.15, 0.2) is 0 Å². The minimum atomic E-state index is -0.306. The van der Waals surface area contributed by atoms with Gasteiger partial charge in [-0.1, -0.05) is 62.3 Å². The summed E-state index contributed by atoms with van der Waals surface area (Å²) < 4.78 is 0. The van der Waals surface area contributed by atoms with Gasteiger partial charge >= 0.3 is 0 Å². The number of rotatable bonds is 7. The van der Waals surface area contributed by atoms with Crippen molar-refractivity contribution in [2.24, 2.45) is 22.0 Å². The quantitative estimate of drug-likeness (QED) is 0.577. The normalized spacial score (nSPS) is 17.5. The Balaban J connectivity index is 5.72. The molecule has 0 aromatic carbocycles. The summed E-state index contributed by atoms with van der Waals surface area (Å²) in [6.45, 7) is 28.9. The highest BCUT2D eigenvalue weighted by atomic mass is 15.3. The fourth-order valence-corrected chi connectivity index (χ4v) is 4.19. The fraction of sp³-hybridized carbons (Fsp3) is 1.00. The van der Waals surface area contributed by atoms with Crippen LogP contribution in [0.1, 0.15) is 102 Å². The molecule has 0 bridgehead atoms. The third-order valence-electron chi connectivity index (χ3n) is 4.74. The van der Waals surface area contributed by atoms with Crippen molar-refractivity contribution in [1.82, 2.24) is 4.90 Å². The molecule has 0 aliphatic carbocycles. The van der Waals surface area contributed by atoms with Gasteiger partial charge in [-0.25, -0.2) is 0 Å². The average Bonchev–Trinajstić information content (AvgIpc) is 2.18. The van der Waals surface area contributed by atoms with E-state index in [1.807, 2.05) is 0 Å². The summed E-state index contributed by atoms with van der Waals surface area (Å²) in [5.74, 6) is 0. The van der Waals surface area contributed by atoms with Gasteiger partial charge in [-0.3, -0.25) is 4.90 Å². The molecule has 0 aromatic rings. The van der Waals surface area contributed by atoms with E-state index in [4.69, 9.17) is 5.73 Å². The van der Waals surface area contributed by atoms with Crippen LogP contribution in [-0.2, 0) is 0 Å². The van der Waals surface area contributed by atoms with Gasteiger partial charge in [-0.05, 0) is 56.3 Å². The van der Waals surface area contributed by atoms with Gasteiger partial charge in [0.25, 0.3) is 0 Å². The van der Waals surface area contributed by atoms with Crippen LogP contribution in [0.3, 0.4) is 0 Å². The molecule has 0 amide bonds. The topological polar surface area (TPSA) is 29.3 Å². The van der Waals surface area contributed by atoms with Gasteiger partial charge in [0, 0.05) is 12.1 Å². The van der Waals surface area contributed by atoms with Crippen LogP contribution in [0.25, 0.3) is 0 Å². The van der Waals surface area contributed by atoms with Crippen molar-refractivity contribution in [2.45, 2.75) is 114 Å². The van der Waals surface area contributed by atoms with Crippen molar-refractivity contribution in [1.29, 1.82) is 0 Å². The van der Waals surface area contributed by atoms with E-state index < -0.39 is 0 Å². The maximum atomic E-state index is 6.94. The Morgan fingerprint density at radius 2 is 1.09 bits per heavy atom. The van der Waals surface area contributed by atoms with Crippen molar-refractivity contribution in [3.8, 4) is 0 Å². The maximum absolute atomic E-state index is 6.94. The zero-order chi connectivity index (χ0) is 18.9. The molecule has 0 aromatic heterocycles. The second-order valence-corrected chi connectivity index (χ2v) is 11.7. The first-order chi connectivity index (χ1) is 9.81. The lowest BCUT2D eigenvalue weighted by molar-refractivity contribution is -0.0551. The zero-order valence-corrected chi connectivity index (χ0v) is 18.4.